The number of aliphatic hydroxyl groups is 1. The van der Waals surface area contributed by atoms with Crippen LogP contribution in [0.5, 0.6) is 5.75 Å². The minimum Gasteiger partial charge on any atom is -0.433 e. The highest BCUT2D eigenvalue weighted by atomic mass is 35.5. The number of hydrogen-bond donors (Lipinski definition) is 1. The summed E-state index contributed by atoms with van der Waals surface area (Å²) in [6.45, 7) is -3.43. The van der Waals surface area contributed by atoms with E-state index in [1.54, 1.807) is 0 Å². The number of pyridine rings is 1. The number of aromatic nitrogens is 1. The molecule has 1 aromatic heterocycles. The minimum atomic E-state index is -2.94. The quantitative estimate of drug-likeness (QED) is 0.773. The van der Waals surface area contributed by atoms with E-state index in [0.717, 1.165) is 0 Å². The molecule has 6 heteroatoms. The molecule has 1 rings (SSSR count). The summed E-state index contributed by atoms with van der Waals surface area (Å²) in [4.78, 5) is 3.60. The molecular weight excluding hydrogens is 204 g/mol. The lowest BCUT2D eigenvalue weighted by Gasteiger charge is -2.07. The predicted octanol–water partition coefficient (Wildman–Crippen LogP) is 1.83. The van der Waals surface area contributed by atoms with Crippen molar-refractivity contribution in [2.24, 2.45) is 0 Å². The second-order valence-corrected chi connectivity index (χ2v) is 2.50. The fraction of sp³-hybridized carbons (Fsp3) is 0.286. The Morgan fingerprint density at radius 1 is 1.54 bits per heavy atom. The Kier molecular flexibility index (Phi) is 3.39. The van der Waals surface area contributed by atoms with Crippen LogP contribution < -0.4 is 4.74 Å². The standard InChI is InChI=1S/C7H6ClF2NO2/c8-6-2-1-5(13-7(9)10)4(3-12)11-6/h1-2,7,12H,3H2. The van der Waals surface area contributed by atoms with Crippen molar-refractivity contribution in [1.29, 1.82) is 0 Å². The Balaban J connectivity index is 2.92. The maximum atomic E-state index is 11.8. The van der Waals surface area contributed by atoms with Gasteiger partial charge < -0.3 is 9.84 Å². The van der Waals surface area contributed by atoms with Gasteiger partial charge >= 0.3 is 6.61 Å². The van der Waals surface area contributed by atoms with Gasteiger partial charge in [-0.15, -0.1) is 0 Å². The van der Waals surface area contributed by atoms with Gasteiger partial charge in [0.05, 0.1) is 6.61 Å². The average Bonchev–Trinajstić information content (AvgIpc) is 2.07. The van der Waals surface area contributed by atoms with Crippen LogP contribution in [0.4, 0.5) is 8.78 Å². The molecule has 72 valence electrons. The molecule has 1 aromatic rings. The molecule has 0 aromatic carbocycles. The average molecular weight is 210 g/mol. The second-order valence-electron chi connectivity index (χ2n) is 2.12. The maximum absolute atomic E-state index is 11.8. The summed E-state index contributed by atoms with van der Waals surface area (Å²) in [5.41, 5.74) is -0.00667. The molecule has 13 heavy (non-hydrogen) atoms. The second kappa shape index (κ2) is 4.34. The SMILES string of the molecule is OCc1nc(Cl)ccc1OC(F)F. The molecule has 0 fully saturated rings. The minimum absolute atomic E-state index is 0.00667. The molecule has 1 N–H and O–H groups in total. The van der Waals surface area contributed by atoms with Crippen molar-refractivity contribution in [3.05, 3.63) is 23.0 Å². The lowest BCUT2D eigenvalue weighted by atomic mass is 10.3. The molecule has 0 atom stereocenters. The van der Waals surface area contributed by atoms with Crippen LogP contribution >= 0.6 is 11.6 Å². The molecule has 0 aliphatic carbocycles. The molecule has 0 amide bonds. The largest absolute Gasteiger partial charge is 0.433 e. The van der Waals surface area contributed by atoms with E-state index in [-0.39, 0.29) is 16.6 Å². The first-order chi connectivity index (χ1) is 6.13. The number of hydrogen-bond acceptors (Lipinski definition) is 3. The Morgan fingerprint density at radius 3 is 2.77 bits per heavy atom. The summed E-state index contributed by atoms with van der Waals surface area (Å²) in [7, 11) is 0. The van der Waals surface area contributed by atoms with E-state index in [4.69, 9.17) is 16.7 Å². The van der Waals surface area contributed by atoms with Gasteiger partial charge in [-0.2, -0.15) is 8.78 Å². The van der Waals surface area contributed by atoms with Crippen LogP contribution in [0, 0.1) is 0 Å². The Labute approximate surface area is 77.9 Å². The van der Waals surface area contributed by atoms with Gasteiger partial charge in [-0.1, -0.05) is 11.6 Å². The number of alkyl halides is 2. The van der Waals surface area contributed by atoms with Gasteiger partial charge in [0.1, 0.15) is 16.6 Å². The fourth-order valence-electron chi connectivity index (χ4n) is 0.778. The summed E-state index contributed by atoms with van der Waals surface area (Å²) in [5.74, 6) is -0.165. The highest BCUT2D eigenvalue weighted by Crippen LogP contribution is 2.20. The molecule has 3 nitrogen and oxygen atoms in total. The van der Waals surface area contributed by atoms with Crippen LogP contribution in [-0.2, 0) is 6.61 Å². The van der Waals surface area contributed by atoms with Gasteiger partial charge in [-0.3, -0.25) is 0 Å². The summed E-state index contributed by atoms with van der Waals surface area (Å²) in [6.07, 6.45) is 0. The smallest absolute Gasteiger partial charge is 0.387 e. The zero-order chi connectivity index (χ0) is 9.84. The van der Waals surface area contributed by atoms with Gasteiger partial charge in [0.25, 0.3) is 0 Å². The van der Waals surface area contributed by atoms with Crippen molar-refractivity contribution in [2.45, 2.75) is 13.2 Å². The van der Waals surface area contributed by atoms with E-state index >= 15 is 0 Å². The zero-order valence-electron chi connectivity index (χ0n) is 6.38. The van der Waals surface area contributed by atoms with Gasteiger partial charge in [-0.25, -0.2) is 4.98 Å². The zero-order valence-corrected chi connectivity index (χ0v) is 7.13. The Hall–Kier alpha value is -0.940. The van der Waals surface area contributed by atoms with E-state index < -0.39 is 13.2 Å². The van der Waals surface area contributed by atoms with Crippen LogP contribution in [0.25, 0.3) is 0 Å². The molecule has 0 saturated heterocycles. The maximum Gasteiger partial charge on any atom is 0.387 e. The van der Waals surface area contributed by atoms with Crippen LogP contribution in [0.15, 0.2) is 12.1 Å². The van der Waals surface area contributed by atoms with Gasteiger partial charge in [0, 0.05) is 0 Å². The number of aliphatic hydroxyl groups excluding tert-OH is 1. The number of ether oxygens (including phenoxy) is 1. The monoisotopic (exact) mass is 209 g/mol. The van der Waals surface area contributed by atoms with Crippen LogP contribution in [0.3, 0.4) is 0 Å². The van der Waals surface area contributed by atoms with Gasteiger partial charge in [0.2, 0.25) is 0 Å². The van der Waals surface area contributed by atoms with Crippen LogP contribution in [0.2, 0.25) is 5.15 Å². The highest BCUT2D eigenvalue weighted by molar-refractivity contribution is 6.29. The van der Waals surface area contributed by atoms with Crippen molar-refractivity contribution in [2.75, 3.05) is 0 Å². The number of rotatable bonds is 3. The molecule has 0 spiro atoms. The molecule has 0 saturated carbocycles. The summed E-state index contributed by atoms with van der Waals surface area (Å²) >= 11 is 5.47. The lowest BCUT2D eigenvalue weighted by Crippen LogP contribution is -2.05. The molecule has 0 aliphatic rings. The third-order valence-corrected chi connectivity index (χ3v) is 1.47. The molecular formula is C7H6ClF2NO2. The summed E-state index contributed by atoms with van der Waals surface area (Å²) < 4.78 is 27.6. The lowest BCUT2D eigenvalue weighted by molar-refractivity contribution is -0.0512. The van der Waals surface area contributed by atoms with E-state index in [9.17, 15) is 8.78 Å². The predicted molar refractivity (Wildman–Crippen MR) is 41.8 cm³/mol. The van der Waals surface area contributed by atoms with Gasteiger partial charge in [-0.05, 0) is 12.1 Å². The van der Waals surface area contributed by atoms with Crippen molar-refractivity contribution in [1.82, 2.24) is 4.98 Å². The van der Waals surface area contributed by atoms with Crippen molar-refractivity contribution < 1.29 is 18.6 Å². The normalized spacial score (nSPS) is 10.5. The van der Waals surface area contributed by atoms with Crippen molar-refractivity contribution in [3.63, 3.8) is 0 Å². The van der Waals surface area contributed by atoms with Crippen LogP contribution in [0.1, 0.15) is 5.69 Å². The Bertz CT molecular complexity index is 296. The molecule has 0 bridgehead atoms. The summed E-state index contributed by atoms with van der Waals surface area (Å²) in [6, 6.07) is 2.53. The first kappa shape index (κ1) is 10.1. The molecule has 0 radical (unpaired) electrons. The van der Waals surface area contributed by atoms with Crippen LogP contribution in [-0.4, -0.2) is 16.7 Å². The van der Waals surface area contributed by atoms with Gasteiger partial charge in [0.15, 0.2) is 0 Å². The first-order valence-corrected chi connectivity index (χ1v) is 3.72. The van der Waals surface area contributed by atoms with E-state index in [1.807, 2.05) is 0 Å². The topological polar surface area (TPSA) is 42.4 Å². The first-order valence-electron chi connectivity index (χ1n) is 3.34. The summed E-state index contributed by atoms with van der Waals surface area (Å²) in [5, 5.41) is 8.83. The van der Waals surface area contributed by atoms with E-state index in [2.05, 4.69) is 9.72 Å². The molecule has 0 aliphatic heterocycles. The van der Waals surface area contributed by atoms with E-state index in [1.165, 1.54) is 12.1 Å². The molecule has 0 unspecified atom stereocenters. The van der Waals surface area contributed by atoms with Crippen molar-refractivity contribution >= 4 is 11.6 Å². The van der Waals surface area contributed by atoms with Crippen molar-refractivity contribution in [3.8, 4) is 5.75 Å². The third-order valence-electron chi connectivity index (χ3n) is 1.26. The Morgan fingerprint density at radius 2 is 2.23 bits per heavy atom. The molecule has 1 heterocycles. The third kappa shape index (κ3) is 2.78. The van der Waals surface area contributed by atoms with E-state index in [0.29, 0.717) is 0 Å². The fourth-order valence-corrected chi connectivity index (χ4v) is 0.944. The number of nitrogens with zero attached hydrogens (tertiary/aromatic N) is 1. The number of halogens is 3. The highest BCUT2D eigenvalue weighted by Gasteiger charge is 2.10.